The van der Waals surface area contributed by atoms with Gasteiger partial charge in [0.15, 0.2) is 5.82 Å². The van der Waals surface area contributed by atoms with Crippen LogP contribution < -0.4 is 5.56 Å². The minimum Gasteiger partial charge on any atom is -0.377 e. The largest absolute Gasteiger partial charge is 0.377 e. The Hall–Kier alpha value is -2.58. The highest BCUT2D eigenvalue weighted by atomic mass is 16.5. The number of ether oxygens (including phenoxy) is 1. The van der Waals surface area contributed by atoms with Crippen LogP contribution >= 0.6 is 0 Å². The van der Waals surface area contributed by atoms with Crippen molar-refractivity contribution in [3.63, 3.8) is 0 Å². The van der Waals surface area contributed by atoms with Crippen molar-refractivity contribution in [3.8, 4) is 0 Å². The van der Waals surface area contributed by atoms with E-state index in [1.807, 2.05) is 11.6 Å². The number of H-pyrrole nitrogens is 1. The summed E-state index contributed by atoms with van der Waals surface area (Å²) in [5.41, 5.74) is 3.92. The first-order chi connectivity index (χ1) is 16.1. The molecule has 8 nitrogen and oxygen atoms in total. The maximum Gasteiger partial charge on any atom is 0.252 e. The van der Waals surface area contributed by atoms with Gasteiger partial charge in [-0.1, -0.05) is 31.4 Å². The Kier molecular flexibility index (Phi) is 6.55. The van der Waals surface area contributed by atoms with E-state index >= 15 is 0 Å². The van der Waals surface area contributed by atoms with Crippen LogP contribution in [0.5, 0.6) is 0 Å². The maximum absolute atomic E-state index is 13.0. The second-order valence-corrected chi connectivity index (χ2v) is 9.75. The zero-order chi connectivity index (χ0) is 22.8. The van der Waals surface area contributed by atoms with Crippen molar-refractivity contribution in [1.29, 1.82) is 0 Å². The molecule has 3 heterocycles. The molecule has 1 atom stereocenters. The molecule has 2 aliphatic rings. The molecule has 0 bridgehead atoms. The smallest absolute Gasteiger partial charge is 0.252 e. The molecular weight excluding hydrogens is 416 g/mol. The monoisotopic (exact) mass is 450 g/mol. The van der Waals surface area contributed by atoms with E-state index in [-0.39, 0.29) is 11.7 Å². The van der Waals surface area contributed by atoms with Crippen LogP contribution in [0.3, 0.4) is 0 Å². The number of hydrogen-bond acceptors (Lipinski definition) is 6. The Morgan fingerprint density at radius 1 is 1.09 bits per heavy atom. The standard InChI is InChI=1S/C25H34N6O2/c1-17-10-11-18(2)24-22(17)13-19(25(32)26-24)14-30(15-21-9-6-12-33-21)16-23-27-28-29-31(23)20-7-4-3-5-8-20/h10-11,13,20-21H,3-9,12,14-16H2,1-2H3,(H,26,32)/t21-/m1/s1. The molecule has 8 heteroatoms. The van der Waals surface area contributed by atoms with Gasteiger partial charge in [-0.25, -0.2) is 4.68 Å². The van der Waals surface area contributed by atoms with E-state index < -0.39 is 0 Å². The third kappa shape index (κ3) is 4.87. The molecule has 1 aliphatic heterocycles. The van der Waals surface area contributed by atoms with Gasteiger partial charge in [0.2, 0.25) is 0 Å². The summed E-state index contributed by atoms with van der Waals surface area (Å²) in [6.45, 7) is 6.84. The summed E-state index contributed by atoms with van der Waals surface area (Å²) >= 11 is 0. The quantitative estimate of drug-likeness (QED) is 0.589. The lowest BCUT2D eigenvalue weighted by Crippen LogP contribution is -2.34. The number of fused-ring (bicyclic) bond motifs is 1. The van der Waals surface area contributed by atoms with Crippen LogP contribution in [0, 0.1) is 13.8 Å². The zero-order valence-corrected chi connectivity index (χ0v) is 19.7. The number of nitrogens with zero attached hydrogens (tertiary/aromatic N) is 5. The van der Waals surface area contributed by atoms with Gasteiger partial charge in [-0.05, 0) is 67.2 Å². The molecule has 0 amide bonds. The van der Waals surface area contributed by atoms with Crippen molar-refractivity contribution in [2.24, 2.45) is 0 Å². The summed E-state index contributed by atoms with van der Waals surface area (Å²) in [6, 6.07) is 6.61. The van der Waals surface area contributed by atoms with E-state index in [4.69, 9.17) is 4.74 Å². The average Bonchev–Trinajstić information content (AvgIpc) is 3.50. The lowest BCUT2D eigenvalue weighted by Gasteiger charge is -2.27. The van der Waals surface area contributed by atoms with Crippen LogP contribution in [0.4, 0.5) is 0 Å². The fourth-order valence-corrected chi connectivity index (χ4v) is 5.36. The van der Waals surface area contributed by atoms with Crippen LogP contribution in [0.2, 0.25) is 0 Å². The van der Waals surface area contributed by atoms with E-state index in [1.165, 1.54) is 24.8 Å². The van der Waals surface area contributed by atoms with Gasteiger partial charge in [0.05, 0.1) is 24.2 Å². The van der Waals surface area contributed by atoms with Gasteiger partial charge in [0, 0.05) is 30.6 Å². The van der Waals surface area contributed by atoms with Crippen LogP contribution in [0.15, 0.2) is 23.0 Å². The van der Waals surface area contributed by atoms with Gasteiger partial charge >= 0.3 is 0 Å². The first-order valence-corrected chi connectivity index (χ1v) is 12.3. The minimum atomic E-state index is -0.0274. The van der Waals surface area contributed by atoms with Gasteiger partial charge in [-0.3, -0.25) is 9.69 Å². The number of aromatic nitrogens is 5. The van der Waals surface area contributed by atoms with Crippen molar-refractivity contribution in [2.45, 2.75) is 84.0 Å². The molecule has 1 saturated heterocycles. The predicted octanol–water partition coefficient (Wildman–Crippen LogP) is 3.82. The van der Waals surface area contributed by atoms with Crippen molar-refractivity contribution in [2.75, 3.05) is 13.2 Å². The lowest BCUT2D eigenvalue weighted by molar-refractivity contribution is 0.0659. The van der Waals surface area contributed by atoms with E-state index in [0.717, 1.165) is 66.7 Å². The number of rotatable bonds is 7. The Morgan fingerprint density at radius 2 is 1.91 bits per heavy atom. The Bertz CT molecular complexity index is 1160. The summed E-state index contributed by atoms with van der Waals surface area (Å²) < 4.78 is 7.96. The average molecular weight is 451 g/mol. The SMILES string of the molecule is Cc1ccc(C)c2[nH]c(=O)c(CN(Cc3nnnn3C3CCCCC3)C[C@H]3CCCO3)cc12. The summed E-state index contributed by atoms with van der Waals surface area (Å²) in [5.74, 6) is 0.879. The van der Waals surface area contributed by atoms with Crippen LogP contribution in [-0.4, -0.2) is 49.3 Å². The molecule has 1 N–H and O–H groups in total. The second kappa shape index (κ2) is 9.73. The molecule has 5 rings (SSSR count). The molecule has 2 fully saturated rings. The second-order valence-electron chi connectivity index (χ2n) is 9.75. The number of nitrogens with one attached hydrogen (secondary N) is 1. The van der Waals surface area contributed by atoms with E-state index in [2.05, 4.69) is 50.5 Å². The molecule has 2 aromatic heterocycles. The van der Waals surface area contributed by atoms with Gasteiger partial charge in [-0.2, -0.15) is 0 Å². The van der Waals surface area contributed by atoms with Crippen molar-refractivity contribution < 1.29 is 4.74 Å². The molecule has 1 aromatic carbocycles. The maximum atomic E-state index is 13.0. The Morgan fingerprint density at radius 3 is 2.70 bits per heavy atom. The van der Waals surface area contributed by atoms with Crippen molar-refractivity contribution in [1.82, 2.24) is 30.1 Å². The summed E-state index contributed by atoms with van der Waals surface area (Å²) in [7, 11) is 0. The Labute approximate surface area is 194 Å². The number of benzene rings is 1. The highest BCUT2D eigenvalue weighted by molar-refractivity contribution is 5.85. The molecule has 176 valence electrons. The fraction of sp³-hybridized carbons (Fsp3) is 0.600. The molecule has 0 radical (unpaired) electrons. The van der Waals surface area contributed by atoms with Gasteiger partial charge in [-0.15, -0.1) is 5.10 Å². The number of tetrazole rings is 1. The van der Waals surface area contributed by atoms with Gasteiger partial charge < -0.3 is 9.72 Å². The van der Waals surface area contributed by atoms with Crippen LogP contribution in [0.1, 0.15) is 73.5 Å². The van der Waals surface area contributed by atoms with Gasteiger partial charge in [0.1, 0.15) is 0 Å². The van der Waals surface area contributed by atoms with Crippen molar-refractivity contribution >= 4 is 10.9 Å². The third-order valence-corrected chi connectivity index (χ3v) is 7.25. The first kappa shape index (κ1) is 22.2. The summed E-state index contributed by atoms with van der Waals surface area (Å²) in [5, 5.41) is 13.8. The lowest BCUT2D eigenvalue weighted by atomic mass is 9.95. The number of pyridine rings is 1. The minimum absolute atomic E-state index is 0.0274. The summed E-state index contributed by atoms with van der Waals surface area (Å²) in [4.78, 5) is 18.4. The normalized spacial score (nSPS) is 19.7. The topological polar surface area (TPSA) is 88.9 Å². The highest BCUT2D eigenvalue weighted by Crippen LogP contribution is 2.28. The third-order valence-electron chi connectivity index (χ3n) is 7.25. The zero-order valence-electron chi connectivity index (χ0n) is 19.7. The van der Waals surface area contributed by atoms with E-state index in [1.54, 1.807) is 0 Å². The molecule has 1 saturated carbocycles. The van der Waals surface area contributed by atoms with E-state index in [9.17, 15) is 4.79 Å². The van der Waals surface area contributed by atoms with Gasteiger partial charge in [0.25, 0.3) is 5.56 Å². The number of aryl methyl sites for hydroxylation is 2. The first-order valence-electron chi connectivity index (χ1n) is 12.3. The predicted molar refractivity (Wildman–Crippen MR) is 127 cm³/mol. The molecule has 1 aliphatic carbocycles. The van der Waals surface area contributed by atoms with Crippen LogP contribution in [0.25, 0.3) is 10.9 Å². The molecule has 33 heavy (non-hydrogen) atoms. The molecule has 3 aromatic rings. The molecular formula is C25H34N6O2. The Balaban J connectivity index is 1.43. The summed E-state index contributed by atoms with van der Waals surface area (Å²) in [6.07, 6.45) is 8.35. The highest BCUT2D eigenvalue weighted by Gasteiger charge is 2.25. The van der Waals surface area contributed by atoms with Crippen molar-refractivity contribution in [3.05, 3.63) is 51.1 Å². The molecule has 0 spiro atoms. The number of hydrogen-bond donors (Lipinski definition) is 1. The number of aromatic amines is 1. The van der Waals surface area contributed by atoms with Crippen LogP contribution in [-0.2, 0) is 17.8 Å². The molecule has 0 unspecified atom stereocenters. The fourth-order valence-electron chi connectivity index (χ4n) is 5.36. The van der Waals surface area contributed by atoms with E-state index in [0.29, 0.717) is 19.1 Å².